The summed E-state index contributed by atoms with van der Waals surface area (Å²) in [6.07, 6.45) is 4.60. The van der Waals surface area contributed by atoms with Crippen LogP contribution in [0, 0.1) is 5.92 Å². The van der Waals surface area contributed by atoms with E-state index in [1.54, 1.807) is 7.11 Å². The second kappa shape index (κ2) is 14.9. The number of rotatable bonds is 14. The van der Waals surface area contributed by atoms with E-state index in [1.165, 1.54) is 0 Å². The molecule has 3 atom stereocenters. The standard InChI is InChI=1S/C36H50N4O7/c1-6-7-16-39(27-12-10-11-25(18-27)23-40(2,3)4)33(42)22-38-21-28(26-19-30(45-5)35-31(20-26)46-24-47-35)34(36(43)44)29(38)14-17-37-15-9-8-13-32(37)41/h10-12,18-20,28-29,34H,6-9,13-17,21-24H2,1-5H3/p+1. The van der Waals surface area contributed by atoms with Gasteiger partial charge in [0.2, 0.25) is 24.4 Å². The number of anilines is 1. The third kappa shape index (κ3) is 8.19. The number of hydrogen-bond acceptors (Lipinski definition) is 7. The third-order valence-corrected chi connectivity index (χ3v) is 9.51. The molecule has 2 saturated heterocycles. The van der Waals surface area contributed by atoms with Crippen LogP contribution in [-0.4, -0.2) is 111 Å². The van der Waals surface area contributed by atoms with E-state index in [4.69, 9.17) is 14.2 Å². The molecule has 11 nitrogen and oxygen atoms in total. The van der Waals surface area contributed by atoms with Crippen molar-refractivity contribution in [3.05, 3.63) is 47.5 Å². The molecule has 2 amide bonds. The van der Waals surface area contributed by atoms with Gasteiger partial charge in [0.25, 0.3) is 0 Å². The highest BCUT2D eigenvalue weighted by molar-refractivity contribution is 5.95. The summed E-state index contributed by atoms with van der Waals surface area (Å²) >= 11 is 0. The first kappa shape index (κ1) is 34.5. The number of carbonyl (C=O) groups excluding carboxylic acids is 2. The fraction of sp³-hybridized carbons (Fsp3) is 0.583. The number of hydrogen-bond donors (Lipinski definition) is 1. The van der Waals surface area contributed by atoms with E-state index in [0.717, 1.165) is 53.5 Å². The predicted octanol–water partition coefficient (Wildman–Crippen LogP) is 4.33. The number of aliphatic carboxylic acids is 1. The molecule has 1 N–H and O–H groups in total. The van der Waals surface area contributed by atoms with Crippen LogP contribution in [0.25, 0.3) is 0 Å². The summed E-state index contributed by atoms with van der Waals surface area (Å²) in [4.78, 5) is 45.8. The lowest BCUT2D eigenvalue weighted by Gasteiger charge is -2.33. The van der Waals surface area contributed by atoms with E-state index in [1.807, 2.05) is 39.0 Å². The Kier molecular flexibility index (Phi) is 11.0. The highest BCUT2D eigenvalue weighted by Crippen LogP contribution is 2.47. The summed E-state index contributed by atoms with van der Waals surface area (Å²) in [5.74, 6) is -0.586. The number of likely N-dealkylation sites (tertiary alicyclic amines) is 2. The Hall–Kier alpha value is -3.83. The molecule has 5 rings (SSSR count). The van der Waals surface area contributed by atoms with Crippen molar-refractivity contribution in [2.45, 2.75) is 64.0 Å². The normalized spacial score (nSPS) is 21.3. The van der Waals surface area contributed by atoms with Crippen LogP contribution in [0.2, 0.25) is 0 Å². The fourth-order valence-corrected chi connectivity index (χ4v) is 7.28. The monoisotopic (exact) mass is 651 g/mol. The van der Waals surface area contributed by atoms with Gasteiger partial charge in [-0.05, 0) is 55.5 Å². The Morgan fingerprint density at radius 3 is 2.64 bits per heavy atom. The lowest BCUT2D eigenvalue weighted by atomic mass is 9.84. The van der Waals surface area contributed by atoms with Crippen LogP contribution in [0.4, 0.5) is 5.69 Å². The number of carboxylic acids is 1. The third-order valence-electron chi connectivity index (χ3n) is 9.51. The Morgan fingerprint density at radius 2 is 1.94 bits per heavy atom. The molecule has 0 spiro atoms. The number of piperidine rings is 1. The highest BCUT2D eigenvalue weighted by Gasteiger charge is 2.48. The number of ether oxygens (including phenoxy) is 3. The molecule has 47 heavy (non-hydrogen) atoms. The number of quaternary nitrogens is 1. The van der Waals surface area contributed by atoms with Crippen molar-refractivity contribution in [1.82, 2.24) is 9.80 Å². The maximum absolute atomic E-state index is 14.3. The minimum Gasteiger partial charge on any atom is -0.493 e. The van der Waals surface area contributed by atoms with Gasteiger partial charge in [-0.3, -0.25) is 19.3 Å². The Morgan fingerprint density at radius 1 is 1.13 bits per heavy atom. The van der Waals surface area contributed by atoms with E-state index in [2.05, 4.69) is 40.2 Å². The molecule has 256 valence electrons. The molecular formula is C36H51N4O7+. The molecule has 2 aromatic carbocycles. The fourth-order valence-electron chi connectivity index (χ4n) is 7.28. The molecule has 0 aliphatic carbocycles. The smallest absolute Gasteiger partial charge is 0.308 e. The molecule has 0 radical (unpaired) electrons. The molecule has 3 aliphatic heterocycles. The van der Waals surface area contributed by atoms with E-state index in [9.17, 15) is 19.5 Å². The molecule has 2 aromatic rings. The molecular weight excluding hydrogens is 600 g/mol. The van der Waals surface area contributed by atoms with Gasteiger partial charge in [0, 0.05) is 55.8 Å². The van der Waals surface area contributed by atoms with Gasteiger partial charge in [-0.1, -0.05) is 25.5 Å². The van der Waals surface area contributed by atoms with Crippen LogP contribution in [0.3, 0.4) is 0 Å². The summed E-state index contributed by atoms with van der Waals surface area (Å²) in [5.41, 5.74) is 2.77. The first-order valence-electron chi connectivity index (χ1n) is 16.9. The summed E-state index contributed by atoms with van der Waals surface area (Å²) in [7, 11) is 7.97. The van der Waals surface area contributed by atoms with Crippen molar-refractivity contribution in [3.63, 3.8) is 0 Å². The molecule has 0 saturated carbocycles. The topological polar surface area (TPSA) is 109 Å². The Bertz CT molecular complexity index is 1440. The number of fused-ring (bicyclic) bond motifs is 1. The van der Waals surface area contributed by atoms with Crippen molar-refractivity contribution in [2.24, 2.45) is 5.92 Å². The van der Waals surface area contributed by atoms with Crippen molar-refractivity contribution in [1.29, 1.82) is 0 Å². The van der Waals surface area contributed by atoms with Crippen LogP contribution < -0.4 is 19.1 Å². The Labute approximate surface area is 278 Å². The second-order valence-corrected chi connectivity index (χ2v) is 14.1. The van der Waals surface area contributed by atoms with Crippen molar-refractivity contribution < 1.29 is 38.2 Å². The number of unbranched alkanes of at least 4 members (excludes halogenated alkanes) is 1. The van der Waals surface area contributed by atoms with Crippen molar-refractivity contribution in [3.8, 4) is 17.2 Å². The summed E-state index contributed by atoms with van der Waals surface area (Å²) in [6, 6.07) is 11.4. The van der Waals surface area contributed by atoms with Crippen molar-refractivity contribution in [2.75, 3.05) is 72.7 Å². The predicted molar refractivity (Wildman–Crippen MR) is 179 cm³/mol. The number of amides is 2. The maximum Gasteiger partial charge on any atom is 0.308 e. The zero-order chi connectivity index (χ0) is 33.7. The minimum absolute atomic E-state index is 0.0621. The van der Waals surface area contributed by atoms with Gasteiger partial charge >= 0.3 is 5.97 Å². The van der Waals surface area contributed by atoms with Crippen LogP contribution in [-0.2, 0) is 20.9 Å². The summed E-state index contributed by atoms with van der Waals surface area (Å²) in [6.45, 7) is 5.16. The van der Waals surface area contributed by atoms with Gasteiger partial charge in [-0.15, -0.1) is 0 Å². The SMILES string of the molecule is CCCCN(C(=O)CN1CC(c2cc(OC)c3c(c2)OCO3)C(C(=O)O)C1CCN1CCCCC1=O)c1cccc(C[N+](C)(C)C)c1. The zero-order valence-electron chi connectivity index (χ0n) is 28.6. The van der Waals surface area contributed by atoms with E-state index in [-0.39, 0.29) is 25.2 Å². The zero-order valence-corrected chi connectivity index (χ0v) is 28.6. The largest absolute Gasteiger partial charge is 0.493 e. The van der Waals surface area contributed by atoms with Gasteiger partial charge in [0.1, 0.15) is 6.54 Å². The number of benzene rings is 2. The van der Waals surface area contributed by atoms with E-state index >= 15 is 0 Å². The van der Waals surface area contributed by atoms with Gasteiger partial charge in [-0.2, -0.15) is 0 Å². The first-order valence-corrected chi connectivity index (χ1v) is 16.9. The highest BCUT2D eigenvalue weighted by atomic mass is 16.7. The molecule has 2 fully saturated rings. The molecule has 3 unspecified atom stereocenters. The van der Waals surface area contributed by atoms with Crippen LogP contribution >= 0.6 is 0 Å². The van der Waals surface area contributed by atoms with Gasteiger partial charge in [0.15, 0.2) is 11.5 Å². The number of carbonyl (C=O) groups is 3. The van der Waals surface area contributed by atoms with E-state index < -0.39 is 23.8 Å². The van der Waals surface area contributed by atoms with Crippen LogP contribution in [0.5, 0.6) is 17.2 Å². The van der Waals surface area contributed by atoms with Gasteiger partial charge < -0.3 is 33.6 Å². The maximum atomic E-state index is 14.3. The lowest BCUT2D eigenvalue weighted by Crippen LogP contribution is -2.46. The second-order valence-electron chi connectivity index (χ2n) is 14.1. The van der Waals surface area contributed by atoms with Crippen LogP contribution in [0.1, 0.15) is 62.5 Å². The Balaban J connectivity index is 1.46. The number of carboxylic acid groups (broad SMARTS) is 1. The summed E-state index contributed by atoms with van der Waals surface area (Å²) in [5, 5.41) is 10.7. The summed E-state index contributed by atoms with van der Waals surface area (Å²) < 4.78 is 17.6. The molecule has 0 bridgehead atoms. The molecule has 11 heteroatoms. The van der Waals surface area contributed by atoms with E-state index in [0.29, 0.717) is 56.3 Å². The number of nitrogens with zero attached hydrogens (tertiary/aromatic N) is 4. The number of methoxy groups -OCH3 is 1. The molecule has 3 heterocycles. The lowest BCUT2D eigenvalue weighted by molar-refractivity contribution is -0.884. The van der Waals surface area contributed by atoms with Crippen molar-refractivity contribution >= 4 is 23.5 Å². The molecule has 0 aromatic heterocycles. The average molecular weight is 652 g/mol. The molecule has 3 aliphatic rings. The van der Waals surface area contributed by atoms with Gasteiger partial charge in [0.05, 0.1) is 40.7 Å². The first-order chi connectivity index (χ1) is 22.5. The average Bonchev–Trinajstić information content (AvgIpc) is 3.64. The quantitative estimate of drug-likeness (QED) is 0.301. The van der Waals surface area contributed by atoms with Crippen LogP contribution in [0.15, 0.2) is 36.4 Å². The minimum atomic E-state index is -0.924. The van der Waals surface area contributed by atoms with Gasteiger partial charge in [-0.25, -0.2) is 0 Å².